The number of rotatable bonds is 3. The van der Waals surface area contributed by atoms with Gasteiger partial charge in [0.25, 0.3) is 5.56 Å². The molecule has 0 unspecified atom stereocenters. The lowest BCUT2D eigenvalue weighted by Crippen LogP contribution is -2.21. The van der Waals surface area contributed by atoms with E-state index in [9.17, 15) is 9.59 Å². The smallest absolute Gasteiger partial charge is 0.307 e. The Morgan fingerprint density at radius 2 is 1.76 bits per heavy atom. The fourth-order valence-corrected chi connectivity index (χ4v) is 1.76. The summed E-state index contributed by atoms with van der Waals surface area (Å²) in [7, 11) is 0. The Hall–Kier alpha value is -2.10. The molecule has 2 aromatic rings. The van der Waals surface area contributed by atoms with Gasteiger partial charge in [-0.3, -0.25) is 9.78 Å². The van der Waals surface area contributed by atoms with E-state index in [1.807, 2.05) is 24.3 Å². The molecule has 2 rings (SSSR count). The van der Waals surface area contributed by atoms with Gasteiger partial charge in [0.05, 0.1) is 5.69 Å². The highest BCUT2D eigenvalue weighted by Crippen LogP contribution is 2.15. The monoisotopic (exact) mass is 230 g/mol. The van der Waals surface area contributed by atoms with E-state index in [-0.39, 0.29) is 5.56 Å². The third kappa shape index (κ3) is 2.72. The minimum absolute atomic E-state index is 0.388. The molecular formula is C13H14N2O2. The molecule has 2 N–H and O–H groups in total. The summed E-state index contributed by atoms with van der Waals surface area (Å²) in [4.78, 5) is 27.1. The number of aryl methyl sites for hydroxylation is 1. The Bertz CT molecular complexity index is 580. The maximum atomic E-state index is 11.2. The second-order valence-corrected chi connectivity index (χ2v) is 3.95. The molecule has 1 aromatic carbocycles. The lowest BCUT2D eigenvalue weighted by molar-refractivity contribution is 0.922. The molecule has 4 nitrogen and oxygen atoms in total. The fourth-order valence-electron chi connectivity index (χ4n) is 1.76. The van der Waals surface area contributed by atoms with Crippen molar-refractivity contribution in [3.63, 3.8) is 0 Å². The second kappa shape index (κ2) is 4.82. The molecule has 0 aliphatic carbocycles. The molecule has 1 aromatic heterocycles. The van der Waals surface area contributed by atoms with Gasteiger partial charge >= 0.3 is 5.69 Å². The van der Waals surface area contributed by atoms with E-state index < -0.39 is 5.69 Å². The van der Waals surface area contributed by atoms with E-state index in [0.717, 1.165) is 18.4 Å². The molecule has 0 amide bonds. The van der Waals surface area contributed by atoms with Gasteiger partial charge in [0.1, 0.15) is 0 Å². The van der Waals surface area contributed by atoms with E-state index in [2.05, 4.69) is 16.9 Å². The summed E-state index contributed by atoms with van der Waals surface area (Å²) < 4.78 is 0. The first-order valence-electron chi connectivity index (χ1n) is 5.62. The number of hydrogen-bond acceptors (Lipinski definition) is 2. The molecule has 0 aliphatic rings. The van der Waals surface area contributed by atoms with Crippen molar-refractivity contribution >= 4 is 0 Å². The SMILES string of the molecule is CCCc1ccc(-c2cc(=O)[nH]c(=O)[nH]2)cc1. The van der Waals surface area contributed by atoms with Crippen LogP contribution in [0.2, 0.25) is 0 Å². The molecule has 4 heteroatoms. The van der Waals surface area contributed by atoms with Crippen molar-refractivity contribution in [1.82, 2.24) is 9.97 Å². The van der Waals surface area contributed by atoms with Crippen LogP contribution < -0.4 is 11.2 Å². The van der Waals surface area contributed by atoms with Crippen molar-refractivity contribution < 1.29 is 0 Å². The molecule has 17 heavy (non-hydrogen) atoms. The van der Waals surface area contributed by atoms with Gasteiger partial charge in [-0.05, 0) is 17.5 Å². The van der Waals surface area contributed by atoms with Crippen molar-refractivity contribution in [2.24, 2.45) is 0 Å². The van der Waals surface area contributed by atoms with Crippen molar-refractivity contribution in [3.8, 4) is 11.3 Å². The minimum Gasteiger partial charge on any atom is -0.307 e. The number of hydrogen-bond donors (Lipinski definition) is 2. The maximum Gasteiger partial charge on any atom is 0.326 e. The molecular weight excluding hydrogens is 216 g/mol. The van der Waals surface area contributed by atoms with Gasteiger partial charge in [-0.15, -0.1) is 0 Å². The van der Waals surface area contributed by atoms with Crippen molar-refractivity contribution in [1.29, 1.82) is 0 Å². The molecule has 0 saturated carbocycles. The van der Waals surface area contributed by atoms with Crippen LogP contribution in [0, 0.1) is 0 Å². The van der Waals surface area contributed by atoms with Gasteiger partial charge in [0.2, 0.25) is 0 Å². The lowest BCUT2D eigenvalue weighted by atomic mass is 10.1. The molecule has 0 saturated heterocycles. The molecule has 0 aliphatic heterocycles. The standard InChI is InChI=1S/C13H14N2O2/c1-2-3-9-4-6-10(7-5-9)11-8-12(16)15-13(17)14-11/h4-8H,2-3H2,1H3,(H2,14,15,16,17). The first-order chi connectivity index (χ1) is 8.19. The number of benzene rings is 1. The number of H-pyrrole nitrogens is 2. The van der Waals surface area contributed by atoms with E-state index in [1.54, 1.807) is 0 Å². The van der Waals surface area contributed by atoms with Gasteiger partial charge in [0, 0.05) is 6.07 Å². The van der Waals surface area contributed by atoms with Crippen LogP contribution >= 0.6 is 0 Å². The highest BCUT2D eigenvalue weighted by Gasteiger charge is 2.00. The van der Waals surface area contributed by atoms with Crippen LogP contribution in [0.1, 0.15) is 18.9 Å². The van der Waals surface area contributed by atoms with E-state index in [4.69, 9.17) is 0 Å². The van der Waals surface area contributed by atoms with E-state index in [0.29, 0.717) is 5.69 Å². The van der Waals surface area contributed by atoms with Crippen LogP contribution in [0.4, 0.5) is 0 Å². The largest absolute Gasteiger partial charge is 0.326 e. The predicted molar refractivity (Wildman–Crippen MR) is 67.1 cm³/mol. The summed E-state index contributed by atoms with van der Waals surface area (Å²) in [5.74, 6) is 0. The molecule has 0 atom stereocenters. The molecule has 0 bridgehead atoms. The molecule has 0 radical (unpaired) electrons. The zero-order chi connectivity index (χ0) is 12.3. The summed E-state index contributed by atoms with van der Waals surface area (Å²) in [5.41, 5.74) is 1.77. The first-order valence-corrected chi connectivity index (χ1v) is 5.62. The predicted octanol–water partition coefficient (Wildman–Crippen LogP) is 1.68. The summed E-state index contributed by atoms with van der Waals surface area (Å²) in [6.45, 7) is 2.13. The van der Waals surface area contributed by atoms with Crippen LogP contribution in [-0.4, -0.2) is 9.97 Å². The maximum absolute atomic E-state index is 11.2. The summed E-state index contributed by atoms with van der Waals surface area (Å²) in [5, 5.41) is 0. The molecule has 1 heterocycles. The fraction of sp³-hybridized carbons (Fsp3) is 0.231. The van der Waals surface area contributed by atoms with Crippen molar-refractivity contribution in [3.05, 3.63) is 56.7 Å². The summed E-state index contributed by atoms with van der Waals surface area (Å²) >= 11 is 0. The summed E-state index contributed by atoms with van der Waals surface area (Å²) in [6, 6.07) is 9.23. The van der Waals surface area contributed by atoms with Gasteiger partial charge in [-0.1, -0.05) is 37.6 Å². The highest BCUT2D eigenvalue weighted by atomic mass is 16.2. The molecule has 0 spiro atoms. The minimum atomic E-state index is -0.481. The van der Waals surface area contributed by atoms with Crippen molar-refractivity contribution in [2.45, 2.75) is 19.8 Å². The summed E-state index contributed by atoms with van der Waals surface area (Å²) in [6.07, 6.45) is 2.13. The number of aromatic nitrogens is 2. The van der Waals surface area contributed by atoms with E-state index >= 15 is 0 Å². The van der Waals surface area contributed by atoms with E-state index in [1.165, 1.54) is 11.6 Å². The van der Waals surface area contributed by atoms with Gasteiger partial charge in [-0.2, -0.15) is 0 Å². The average Bonchev–Trinajstić information content (AvgIpc) is 2.29. The van der Waals surface area contributed by atoms with Gasteiger partial charge in [0.15, 0.2) is 0 Å². The van der Waals surface area contributed by atoms with Crippen molar-refractivity contribution in [2.75, 3.05) is 0 Å². The van der Waals surface area contributed by atoms with Crippen LogP contribution in [0.3, 0.4) is 0 Å². The highest BCUT2D eigenvalue weighted by molar-refractivity contribution is 5.58. The average molecular weight is 230 g/mol. The Morgan fingerprint density at radius 3 is 2.35 bits per heavy atom. The second-order valence-electron chi connectivity index (χ2n) is 3.95. The normalized spacial score (nSPS) is 10.4. The third-order valence-electron chi connectivity index (χ3n) is 2.56. The molecule has 88 valence electrons. The Kier molecular flexibility index (Phi) is 3.23. The van der Waals surface area contributed by atoms with Crippen LogP contribution in [-0.2, 0) is 6.42 Å². The van der Waals surface area contributed by atoms with Gasteiger partial charge < -0.3 is 4.98 Å². The van der Waals surface area contributed by atoms with Crippen LogP contribution in [0.25, 0.3) is 11.3 Å². The quantitative estimate of drug-likeness (QED) is 0.842. The Labute approximate surface area is 98.3 Å². The zero-order valence-electron chi connectivity index (χ0n) is 9.62. The third-order valence-corrected chi connectivity index (χ3v) is 2.56. The van der Waals surface area contributed by atoms with Gasteiger partial charge in [-0.25, -0.2) is 4.79 Å². The van der Waals surface area contributed by atoms with Crippen LogP contribution in [0.5, 0.6) is 0 Å². The molecule has 0 fully saturated rings. The number of aromatic amines is 2. The number of nitrogens with one attached hydrogen (secondary N) is 2. The Balaban J connectivity index is 2.39. The Morgan fingerprint density at radius 1 is 1.06 bits per heavy atom. The lowest BCUT2D eigenvalue weighted by Gasteiger charge is -2.02. The zero-order valence-corrected chi connectivity index (χ0v) is 9.62. The van der Waals surface area contributed by atoms with Crippen LogP contribution in [0.15, 0.2) is 39.9 Å². The topological polar surface area (TPSA) is 65.7 Å². The first kappa shape index (κ1) is 11.4.